The summed E-state index contributed by atoms with van der Waals surface area (Å²) in [5.74, 6) is 0.450. The SMILES string of the molecule is CCOC(=O)c1c(N)[nH]n2c1nc1cc(OC)ccc12. The van der Waals surface area contributed by atoms with Crippen molar-refractivity contribution in [2.24, 2.45) is 0 Å². The fourth-order valence-corrected chi connectivity index (χ4v) is 2.17. The Morgan fingerprint density at radius 2 is 2.30 bits per heavy atom. The topological polar surface area (TPSA) is 94.6 Å². The van der Waals surface area contributed by atoms with Crippen molar-refractivity contribution in [3.63, 3.8) is 0 Å². The highest BCUT2D eigenvalue weighted by Crippen LogP contribution is 2.26. The lowest BCUT2D eigenvalue weighted by Gasteiger charge is -1.99. The first-order chi connectivity index (χ1) is 9.65. The lowest BCUT2D eigenvalue weighted by Crippen LogP contribution is -2.07. The van der Waals surface area contributed by atoms with Gasteiger partial charge in [0.05, 0.1) is 24.8 Å². The van der Waals surface area contributed by atoms with E-state index in [1.54, 1.807) is 24.6 Å². The number of aromatic nitrogens is 3. The van der Waals surface area contributed by atoms with Crippen molar-refractivity contribution in [1.29, 1.82) is 0 Å². The fourth-order valence-electron chi connectivity index (χ4n) is 2.17. The van der Waals surface area contributed by atoms with E-state index in [1.807, 2.05) is 12.1 Å². The maximum Gasteiger partial charge on any atom is 0.345 e. The molecule has 0 saturated carbocycles. The van der Waals surface area contributed by atoms with Crippen molar-refractivity contribution in [2.45, 2.75) is 6.92 Å². The molecule has 0 aliphatic carbocycles. The lowest BCUT2D eigenvalue weighted by atomic mass is 10.3. The van der Waals surface area contributed by atoms with Gasteiger partial charge in [-0.3, -0.25) is 5.10 Å². The standard InChI is InChI=1S/C13H14N4O3/c1-3-20-13(18)10-11(14)16-17-9-5-4-7(19-2)6-8(9)15-12(10)17/h4-6,16H,3,14H2,1-2H3. The number of methoxy groups -OCH3 is 1. The molecule has 0 atom stereocenters. The van der Waals surface area contributed by atoms with Crippen LogP contribution >= 0.6 is 0 Å². The highest BCUT2D eigenvalue weighted by molar-refractivity contribution is 6.02. The summed E-state index contributed by atoms with van der Waals surface area (Å²) in [5.41, 5.74) is 8.05. The Morgan fingerprint density at radius 3 is 3.00 bits per heavy atom. The molecule has 0 unspecified atom stereocenters. The van der Waals surface area contributed by atoms with E-state index in [4.69, 9.17) is 15.2 Å². The molecule has 3 rings (SSSR count). The van der Waals surface area contributed by atoms with Crippen molar-refractivity contribution in [2.75, 3.05) is 19.5 Å². The molecule has 0 spiro atoms. The van der Waals surface area contributed by atoms with Crippen LogP contribution in [0.2, 0.25) is 0 Å². The molecule has 3 aromatic rings. The van der Waals surface area contributed by atoms with Gasteiger partial charge in [0.15, 0.2) is 5.65 Å². The number of carbonyl (C=O) groups excluding carboxylic acids is 1. The molecule has 0 radical (unpaired) electrons. The number of rotatable bonds is 3. The summed E-state index contributed by atoms with van der Waals surface area (Å²) in [5, 5.41) is 2.92. The van der Waals surface area contributed by atoms with E-state index >= 15 is 0 Å². The van der Waals surface area contributed by atoms with Gasteiger partial charge in [-0.1, -0.05) is 0 Å². The predicted octanol–water partition coefficient (Wildman–Crippen LogP) is 1.58. The van der Waals surface area contributed by atoms with Gasteiger partial charge in [0.1, 0.15) is 17.1 Å². The van der Waals surface area contributed by atoms with Crippen LogP contribution in [-0.4, -0.2) is 34.3 Å². The number of ether oxygens (including phenoxy) is 2. The van der Waals surface area contributed by atoms with Gasteiger partial charge in [0, 0.05) is 6.07 Å². The number of anilines is 1. The zero-order valence-corrected chi connectivity index (χ0v) is 11.1. The van der Waals surface area contributed by atoms with Crippen molar-refractivity contribution in [3.8, 4) is 5.75 Å². The van der Waals surface area contributed by atoms with Crippen LogP contribution in [0.3, 0.4) is 0 Å². The smallest absolute Gasteiger partial charge is 0.345 e. The second-order valence-corrected chi connectivity index (χ2v) is 4.25. The quantitative estimate of drug-likeness (QED) is 0.707. The van der Waals surface area contributed by atoms with Crippen LogP contribution < -0.4 is 10.5 Å². The number of nitrogens with one attached hydrogen (secondary N) is 1. The lowest BCUT2D eigenvalue weighted by molar-refractivity contribution is 0.0529. The van der Waals surface area contributed by atoms with Gasteiger partial charge in [0.2, 0.25) is 0 Å². The molecule has 1 aromatic carbocycles. The molecule has 104 valence electrons. The number of aromatic amines is 1. The Hall–Kier alpha value is -2.70. The summed E-state index contributed by atoms with van der Waals surface area (Å²) in [7, 11) is 1.59. The van der Waals surface area contributed by atoms with Gasteiger partial charge in [-0.15, -0.1) is 0 Å². The maximum atomic E-state index is 11.9. The van der Waals surface area contributed by atoms with Crippen LogP contribution in [0.15, 0.2) is 18.2 Å². The summed E-state index contributed by atoms with van der Waals surface area (Å²) < 4.78 is 11.8. The number of nitrogen functional groups attached to an aromatic ring is 1. The highest BCUT2D eigenvalue weighted by atomic mass is 16.5. The molecule has 0 aliphatic heterocycles. The van der Waals surface area contributed by atoms with E-state index in [0.717, 1.165) is 5.52 Å². The monoisotopic (exact) mass is 274 g/mol. The van der Waals surface area contributed by atoms with Gasteiger partial charge >= 0.3 is 5.97 Å². The molecule has 0 saturated heterocycles. The Morgan fingerprint density at radius 1 is 1.50 bits per heavy atom. The molecule has 0 bridgehead atoms. The van der Waals surface area contributed by atoms with Crippen molar-refractivity contribution < 1.29 is 14.3 Å². The Balaban J connectivity index is 2.26. The van der Waals surface area contributed by atoms with E-state index < -0.39 is 5.97 Å². The van der Waals surface area contributed by atoms with Gasteiger partial charge in [-0.2, -0.15) is 0 Å². The molecular formula is C13H14N4O3. The zero-order chi connectivity index (χ0) is 14.3. The highest BCUT2D eigenvalue weighted by Gasteiger charge is 2.21. The number of benzene rings is 1. The second-order valence-electron chi connectivity index (χ2n) is 4.25. The Labute approximate surface area is 114 Å². The number of hydrogen-bond acceptors (Lipinski definition) is 5. The fraction of sp³-hybridized carbons (Fsp3) is 0.231. The number of esters is 1. The summed E-state index contributed by atoms with van der Waals surface area (Å²) in [4.78, 5) is 16.4. The van der Waals surface area contributed by atoms with Crippen molar-refractivity contribution >= 4 is 28.5 Å². The number of carbonyl (C=O) groups is 1. The van der Waals surface area contributed by atoms with Crippen LogP contribution in [-0.2, 0) is 4.74 Å². The molecule has 0 aliphatic rings. The van der Waals surface area contributed by atoms with Crippen LogP contribution in [0, 0.1) is 0 Å². The normalized spacial score (nSPS) is 11.1. The van der Waals surface area contributed by atoms with Gasteiger partial charge in [-0.05, 0) is 19.1 Å². The van der Waals surface area contributed by atoms with Crippen LogP contribution in [0.1, 0.15) is 17.3 Å². The number of nitrogens with zero attached hydrogens (tertiary/aromatic N) is 2. The minimum atomic E-state index is -0.487. The van der Waals surface area contributed by atoms with E-state index in [9.17, 15) is 4.79 Å². The minimum absolute atomic E-state index is 0.240. The van der Waals surface area contributed by atoms with Crippen molar-refractivity contribution in [1.82, 2.24) is 14.6 Å². The largest absolute Gasteiger partial charge is 0.497 e. The first-order valence-electron chi connectivity index (χ1n) is 6.16. The summed E-state index contributed by atoms with van der Waals surface area (Å²) >= 11 is 0. The zero-order valence-electron chi connectivity index (χ0n) is 11.1. The molecule has 7 nitrogen and oxygen atoms in total. The third kappa shape index (κ3) is 1.67. The number of nitrogens with two attached hydrogens (primary N) is 1. The van der Waals surface area contributed by atoms with Gasteiger partial charge in [-0.25, -0.2) is 14.3 Å². The molecule has 0 fully saturated rings. The van der Waals surface area contributed by atoms with E-state index in [-0.39, 0.29) is 18.0 Å². The average molecular weight is 274 g/mol. The first-order valence-corrected chi connectivity index (χ1v) is 6.16. The molecule has 0 amide bonds. The Kier molecular flexibility index (Phi) is 2.74. The first kappa shape index (κ1) is 12.3. The maximum absolute atomic E-state index is 11.9. The molecule has 7 heteroatoms. The third-order valence-corrected chi connectivity index (χ3v) is 3.07. The van der Waals surface area contributed by atoms with Gasteiger partial charge < -0.3 is 15.2 Å². The second kappa shape index (κ2) is 4.44. The number of H-pyrrole nitrogens is 1. The molecule has 20 heavy (non-hydrogen) atoms. The van der Waals surface area contributed by atoms with Gasteiger partial charge in [0.25, 0.3) is 0 Å². The minimum Gasteiger partial charge on any atom is -0.497 e. The van der Waals surface area contributed by atoms with Crippen LogP contribution in [0.25, 0.3) is 16.7 Å². The predicted molar refractivity (Wildman–Crippen MR) is 74.0 cm³/mol. The van der Waals surface area contributed by atoms with E-state index in [2.05, 4.69) is 10.1 Å². The number of imidazole rings is 1. The number of fused-ring (bicyclic) bond motifs is 3. The van der Waals surface area contributed by atoms with Crippen LogP contribution in [0.5, 0.6) is 5.75 Å². The summed E-state index contributed by atoms with van der Waals surface area (Å²) in [6.45, 7) is 2.02. The molecule has 2 aromatic heterocycles. The molecular weight excluding hydrogens is 260 g/mol. The summed E-state index contributed by atoms with van der Waals surface area (Å²) in [6, 6.07) is 5.46. The van der Waals surface area contributed by atoms with E-state index in [1.165, 1.54) is 0 Å². The molecule has 2 heterocycles. The van der Waals surface area contributed by atoms with Crippen molar-refractivity contribution in [3.05, 3.63) is 23.8 Å². The third-order valence-electron chi connectivity index (χ3n) is 3.07. The number of hydrogen-bond donors (Lipinski definition) is 2. The average Bonchev–Trinajstić information content (AvgIpc) is 2.92. The van der Waals surface area contributed by atoms with E-state index in [0.29, 0.717) is 16.9 Å². The summed E-state index contributed by atoms with van der Waals surface area (Å²) in [6.07, 6.45) is 0. The Bertz CT molecular complexity index is 803. The van der Waals surface area contributed by atoms with Crippen LogP contribution in [0.4, 0.5) is 5.82 Å². The molecule has 3 N–H and O–H groups in total.